The summed E-state index contributed by atoms with van der Waals surface area (Å²) in [7, 11) is 1.67. The lowest BCUT2D eigenvalue weighted by atomic mass is 10.2. The highest BCUT2D eigenvalue weighted by molar-refractivity contribution is 6.17. The molecule has 18 heavy (non-hydrogen) atoms. The van der Waals surface area contributed by atoms with E-state index in [1.807, 2.05) is 0 Å². The van der Waals surface area contributed by atoms with E-state index in [-0.39, 0.29) is 0 Å². The highest BCUT2D eigenvalue weighted by Gasteiger charge is 1.92. The Kier molecular flexibility index (Phi) is 17.3. The van der Waals surface area contributed by atoms with Crippen molar-refractivity contribution in [2.24, 2.45) is 0 Å². The molecule has 0 aromatic carbocycles. The number of ether oxygens (including phenoxy) is 3. The van der Waals surface area contributed by atoms with Crippen LogP contribution >= 0.6 is 11.6 Å². The van der Waals surface area contributed by atoms with E-state index >= 15 is 0 Å². The number of rotatable bonds is 15. The number of hydrogen-bond acceptors (Lipinski definition) is 4. The van der Waals surface area contributed by atoms with Gasteiger partial charge >= 0.3 is 0 Å². The van der Waals surface area contributed by atoms with Gasteiger partial charge in [-0.1, -0.05) is 12.8 Å². The fourth-order valence-electron chi connectivity index (χ4n) is 1.43. The summed E-state index contributed by atoms with van der Waals surface area (Å²) in [6, 6.07) is 0. The maximum absolute atomic E-state index is 5.60. The zero-order valence-corrected chi connectivity index (χ0v) is 12.3. The molecule has 0 bridgehead atoms. The highest BCUT2D eigenvalue weighted by Crippen LogP contribution is 1.99. The smallest absolute Gasteiger partial charge is 0.0701 e. The topological polar surface area (TPSA) is 39.7 Å². The molecule has 5 heteroatoms. The molecule has 1 N–H and O–H groups in total. The molecule has 0 aromatic rings. The lowest BCUT2D eigenvalue weighted by molar-refractivity contribution is 0.0256. The average Bonchev–Trinajstić information content (AvgIpc) is 2.39. The number of alkyl halides is 1. The summed E-state index contributed by atoms with van der Waals surface area (Å²) in [4.78, 5) is 0. The fraction of sp³-hybridized carbons (Fsp3) is 1.00. The Labute approximate surface area is 116 Å². The summed E-state index contributed by atoms with van der Waals surface area (Å²) in [5.41, 5.74) is 0. The molecule has 0 rings (SSSR count). The van der Waals surface area contributed by atoms with Gasteiger partial charge in [0.25, 0.3) is 0 Å². The minimum atomic E-state index is 0.639. The van der Waals surface area contributed by atoms with Crippen molar-refractivity contribution in [3.8, 4) is 0 Å². The molecule has 0 aromatic heterocycles. The average molecular weight is 282 g/mol. The van der Waals surface area contributed by atoms with Crippen molar-refractivity contribution in [3.05, 3.63) is 0 Å². The van der Waals surface area contributed by atoms with Gasteiger partial charge in [-0.05, 0) is 19.4 Å². The maximum Gasteiger partial charge on any atom is 0.0701 e. The molecule has 0 unspecified atom stereocenters. The third-order valence-corrected chi connectivity index (χ3v) is 2.73. The molecule has 0 aliphatic heterocycles. The summed E-state index contributed by atoms with van der Waals surface area (Å²) >= 11 is 5.60. The number of methoxy groups -OCH3 is 1. The minimum absolute atomic E-state index is 0.639. The molecule has 0 radical (unpaired) electrons. The maximum atomic E-state index is 5.60. The molecule has 110 valence electrons. The molecular weight excluding hydrogens is 254 g/mol. The zero-order valence-electron chi connectivity index (χ0n) is 11.6. The van der Waals surface area contributed by atoms with Gasteiger partial charge in [-0.15, -0.1) is 11.6 Å². The van der Waals surface area contributed by atoms with Crippen molar-refractivity contribution in [1.29, 1.82) is 0 Å². The Balaban J connectivity index is 2.86. The molecular formula is C13H28ClNO3. The van der Waals surface area contributed by atoms with Crippen molar-refractivity contribution in [2.45, 2.75) is 25.7 Å². The second-order valence-electron chi connectivity index (χ2n) is 4.07. The second kappa shape index (κ2) is 17.1. The Morgan fingerprint density at radius 2 is 1.44 bits per heavy atom. The number of nitrogens with one attached hydrogen (secondary N) is 1. The Morgan fingerprint density at radius 1 is 0.778 bits per heavy atom. The molecule has 0 heterocycles. The van der Waals surface area contributed by atoms with E-state index in [1.54, 1.807) is 7.11 Å². The predicted octanol–water partition coefficient (Wildman–Crippen LogP) is 2.05. The molecule has 0 saturated carbocycles. The number of halogens is 1. The number of unbranched alkanes of at least 4 members (excludes halogenated alkanes) is 3. The Bertz CT molecular complexity index is 134. The third kappa shape index (κ3) is 16.1. The molecule has 0 saturated heterocycles. The van der Waals surface area contributed by atoms with Gasteiger partial charge < -0.3 is 19.5 Å². The first-order chi connectivity index (χ1) is 8.91. The van der Waals surface area contributed by atoms with Gasteiger partial charge in [0.15, 0.2) is 0 Å². The van der Waals surface area contributed by atoms with Crippen LogP contribution < -0.4 is 5.32 Å². The van der Waals surface area contributed by atoms with Crippen molar-refractivity contribution in [1.82, 2.24) is 5.32 Å². The summed E-state index contributed by atoms with van der Waals surface area (Å²) in [5.74, 6) is 0.785. The normalized spacial score (nSPS) is 11.0. The van der Waals surface area contributed by atoms with Gasteiger partial charge in [0.2, 0.25) is 0 Å². The van der Waals surface area contributed by atoms with Crippen LogP contribution in [0.15, 0.2) is 0 Å². The molecule has 0 spiro atoms. The minimum Gasteiger partial charge on any atom is -0.382 e. The van der Waals surface area contributed by atoms with Crippen LogP contribution in [0.1, 0.15) is 25.7 Å². The van der Waals surface area contributed by atoms with Crippen molar-refractivity contribution >= 4 is 11.6 Å². The quantitative estimate of drug-likeness (QED) is 0.368. The van der Waals surface area contributed by atoms with Gasteiger partial charge in [0.05, 0.1) is 33.0 Å². The van der Waals surface area contributed by atoms with Crippen LogP contribution in [0.3, 0.4) is 0 Å². The van der Waals surface area contributed by atoms with Crippen molar-refractivity contribution in [3.63, 3.8) is 0 Å². The van der Waals surface area contributed by atoms with E-state index in [2.05, 4.69) is 5.32 Å². The molecule has 0 fully saturated rings. The number of hydrogen-bond donors (Lipinski definition) is 1. The Hall–Kier alpha value is 0.130. The van der Waals surface area contributed by atoms with Gasteiger partial charge in [-0.2, -0.15) is 0 Å². The first kappa shape index (κ1) is 18.1. The zero-order chi connectivity index (χ0) is 13.3. The third-order valence-electron chi connectivity index (χ3n) is 2.46. The van der Waals surface area contributed by atoms with Crippen molar-refractivity contribution < 1.29 is 14.2 Å². The van der Waals surface area contributed by atoms with E-state index in [0.717, 1.165) is 32.0 Å². The van der Waals surface area contributed by atoms with E-state index < -0.39 is 0 Å². The molecule has 0 amide bonds. The van der Waals surface area contributed by atoms with E-state index in [4.69, 9.17) is 25.8 Å². The highest BCUT2D eigenvalue weighted by atomic mass is 35.5. The fourth-order valence-corrected chi connectivity index (χ4v) is 1.62. The van der Waals surface area contributed by atoms with Crippen LogP contribution in [-0.4, -0.2) is 59.1 Å². The van der Waals surface area contributed by atoms with Crippen LogP contribution in [0.4, 0.5) is 0 Å². The first-order valence-corrected chi connectivity index (χ1v) is 7.36. The summed E-state index contributed by atoms with van der Waals surface area (Å²) < 4.78 is 15.6. The van der Waals surface area contributed by atoms with Gasteiger partial charge in [-0.25, -0.2) is 0 Å². The first-order valence-electron chi connectivity index (χ1n) is 6.83. The largest absolute Gasteiger partial charge is 0.382 e. The van der Waals surface area contributed by atoms with E-state index in [0.29, 0.717) is 26.4 Å². The van der Waals surface area contributed by atoms with E-state index in [1.165, 1.54) is 19.3 Å². The molecule has 0 atom stereocenters. The molecule has 0 aliphatic carbocycles. The monoisotopic (exact) mass is 281 g/mol. The molecule has 4 nitrogen and oxygen atoms in total. The summed E-state index contributed by atoms with van der Waals surface area (Å²) in [6.45, 7) is 5.30. The van der Waals surface area contributed by atoms with Gasteiger partial charge in [-0.3, -0.25) is 0 Å². The summed E-state index contributed by atoms with van der Waals surface area (Å²) in [5, 5.41) is 3.35. The molecule has 0 aliphatic rings. The van der Waals surface area contributed by atoms with Crippen LogP contribution in [0.25, 0.3) is 0 Å². The Morgan fingerprint density at radius 3 is 2.17 bits per heavy atom. The van der Waals surface area contributed by atoms with Crippen LogP contribution in [-0.2, 0) is 14.2 Å². The van der Waals surface area contributed by atoms with Crippen LogP contribution in [0.5, 0.6) is 0 Å². The lowest BCUT2D eigenvalue weighted by Crippen LogP contribution is -2.21. The predicted molar refractivity (Wildman–Crippen MR) is 75.6 cm³/mol. The standard InChI is InChI=1S/C13H28ClNO3/c1-16-10-11-18-13-12-17-9-8-15-7-5-3-2-4-6-14/h15H,2-13H2,1H3. The SMILES string of the molecule is COCCOCCOCCNCCCCCCCl. The lowest BCUT2D eigenvalue weighted by Gasteiger charge is -2.06. The van der Waals surface area contributed by atoms with Crippen LogP contribution in [0.2, 0.25) is 0 Å². The van der Waals surface area contributed by atoms with Crippen LogP contribution in [0, 0.1) is 0 Å². The van der Waals surface area contributed by atoms with Crippen molar-refractivity contribution in [2.75, 3.05) is 59.1 Å². The second-order valence-corrected chi connectivity index (χ2v) is 4.45. The van der Waals surface area contributed by atoms with Gasteiger partial charge in [0, 0.05) is 19.5 Å². The van der Waals surface area contributed by atoms with Gasteiger partial charge in [0.1, 0.15) is 0 Å². The summed E-state index contributed by atoms with van der Waals surface area (Å²) in [6.07, 6.45) is 4.85. The van der Waals surface area contributed by atoms with E-state index in [9.17, 15) is 0 Å².